The van der Waals surface area contributed by atoms with Crippen molar-refractivity contribution in [1.29, 1.82) is 0 Å². The molecule has 5 heteroatoms. The van der Waals surface area contributed by atoms with Crippen molar-refractivity contribution in [2.24, 2.45) is 5.92 Å². The summed E-state index contributed by atoms with van der Waals surface area (Å²) in [4.78, 5) is 26.9. The Balaban J connectivity index is 2.46. The fourth-order valence-corrected chi connectivity index (χ4v) is 2.13. The van der Waals surface area contributed by atoms with E-state index in [-0.39, 0.29) is 17.9 Å². The Morgan fingerprint density at radius 2 is 1.53 bits per heavy atom. The van der Waals surface area contributed by atoms with Crippen LogP contribution in [-0.4, -0.2) is 55.1 Å². The summed E-state index contributed by atoms with van der Waals surface area (Å²) in [5.74, 6) is 0.346. The molecular formula is C12H22N2O3. The Labute approximate surface area is 103 Å². The average Bonchev–Trinajstić information content (AvgIpc) is 2.39. The van der Waals surface area contributed by atoms with Crippen LogP contribution in [0.15, 0.2) is 0 Å². The molecule has 0 N–H and O–H groups in total. The number of hydrogen-bond acceptors (Lipinski definition) is 3. The van der Waals surface area contributed by atoms with E-state index in [1.807, 2.05) is 18.7 Å². The lowest BCUT2D eigenvalue weighted by Gasteiger charge is -2.35. The van der Waals surface area contributed by atoms with Gasteiger partial charge in [-0.3, -0.25) is 4.79 Å². The largest absolute Gasteiger partial charge is 0.453 e. The molecule has 0 radical (unpaired) electrons. The minimum absolute atomic E-state index is 0.125. The highest BCUT2D eigenvalue weighted by Gasteiger charge is 2.27. The normalized spacial score (nSPS) is 16.2. The van der Waals surface area contributed by atoms with Gasteiger partial charge in [0.05, 0.1) is 7.11 Å². The minimum Gasteiger partial charge on any atom is -0.453 e. The number of ether oxygens (including phenoxy) is 1. The monoisotopic (exact) mass is 242 g/mol. The van der Waals surface area contributed by atoms with E-state index in [2.05, 4.69) is 4.74 Å². The maximum atomic E-state index is 12.1. The smallest absolute Gasteiger partial charge is 0.409 e. The molecule has 1 aliphatic rings. The molecule has 98 valence electrons. The third-order valence-corrected chi connectivity index (χ3v) is 3.36. The van der Waals surface area contributed by atoms with E-state index >= 15 is 0 Å². The maximum Gasteiger partial charge on any atom is 0.409 e. The van der Waals surface area contributed by atoms with Gasteiger partial charge in [-0.25, -0.2) is 4.79 Å². The third-order valence-electron chi connectivity index (χ3n) is 3.36. The van der Waals surface area contributed by atoms with Gasteiger partial charge >= 0.3 is 6.09 Å². The van der Waals surface area contributed by atoms with Gasteiger partial charge in [0.25, 0.3) is 0 Å². The van der Waals surface area contributed by atoms with E-state index in [1.165, 1.54) is 7.11 Å². The molecule has 5 nitrogen and oxygen atoms in total. The first-order valence-corrected chi connectivity index (χ1v) is 6.25. The molecule has 1 saturated heterocycles. The second-order valence-electron chi connectivity index (χ2n) is 4.30. The van der Waals surface area contributed by atoms with Crippen LogP contribution in [0.4, 0.5) is 4.79 Å². The van der Waals surface area contributed by atoms with Crippen LogP contribution < -0.4 is 0 Å². The predicted octanol–water partition coefficient (Wildman–Crippen LogP) is 1.33. The summed E-state index contributed by atoms with van der Waals surface area (Å²) < 4.78 is 4.66. The van der Waals surface area contributed by atoms with Gasteiger partial charge < -0.3 is 14.5 Å². The first-order chi connectivity index (χ1) is 8.13. The lowest BCUT2D eigenvalue weighted by Crippen LogP contribution is -2.51. The van der Waals surface area contributed by atoms with Crippen molar-refractivity contribution in [1.82, 2.24) is 9.80 Å². The maximum absolute atomic E-state index is 12.1. The Kier molecular flexibility index (Phi) is 5.25. The minimum atomic E-state index is -0.306. The fourth-order valence-electron chi connectivity index (χ4n) is 2.13. The third kappa shape index (κ3) is 3.35. The molecule has 1 fully saturated rings. The Bertz CT molecular complexity index is 269. The summed E-state index contributed by atoms with van der Waals surface area (Å²) in [5, 5.41) is 0. The lowest BCUT2D eigenvalue weighted by atomic mass is 10.0. The van der Waals surface area contributed by atoms with Gasteiger partial charge in [-0.05, 0) is 12.8 Å². The van der Waals surface area contributed by atoms with Crippen molar-refractivity contribution in [3.63, 3.8) is 0 Å². The number of carbonyl (C=O) groups excluding carboxylic acids is 2. The van der Waals surface area contributed by atoms with Gasteiger partial charge in [0, 0.05) is 32.1 Å². The van der Waals surface area contributed by atoms with Crippen LogP contribution in [0.5, 0.6) is 0 Å². The van der Waals surface area contributed by atoms with E-state index < -0.39 is 0 Å². The number of carbonyl (C=O) groups is 2. The topological polar surface area (TPSA) is 49.9 Å². The van der Waals surface area contributed by atoms with Gasteiger partial charge in [0.15, 0.2) is 0 Å². The highest BCUT2D eigenvalue weighted by Crippen LogP contribution is 2.14. The molecule has 2 amide bonds. The van der Waals surface area contributed by atoms with Crippen LogP contribution in [0, 0.1) is 5.92 Å². The Morgan fingerprint density at radius 1 is 1.06 bits per heavy atom. The summed E-state index contributed by atoms with van der Waals surface area (Å²) in [7, 11) is 1.38. The highest BCUT2D eigenvalue weighted by molar-refractivity contribution is 5.79. The second kappa shape index (κ2) is 6.47. The van der Waals surface area contributed by atoms with Crippen LogP contribution in [0.2, 0.25) is 0 Å². The van der Waals surface area contributed by atoms with Gasteiger partial charge in [0.1, 0.15) is 0 Å². The van der Waals surface area contributed by atoms with Crippen LogP contribution in [0.3, 0.4) is 0 Å². The summed E-state index contributed by atoms with van der Waals surface area (Å²) in [6.07, 6.45) is 1.46. The summed E-state index contributed by atoms with van der Waals surface area (Å²) in [6.45, 7) is 6.44. The fraction of sp³-hybridized carbons (Fsp3) is 0.833. The van der Waals surface area contributed by atoms with E-state index in [1.54, 1.807) is 4.90 Å². The molecule has 1 heterocycles. The standard InChI is InChI=1S/C12H22N2O3/c1-4-10(5-2)11(15)13-6-8-14(9-7-13)12(16)17-3/h10H,4-9H2,1-3H3. The molecule has 0 aromatic rings. The molecule has 1 rings (SSSR count). The van der Waals surface area contributed by atoms with Gasteiger partial charge in [-0.1, -0.05) is 13.8 Å². The number of methoxy groups -OCH3 is 1. The lowest BCUT2D eigenvalue weighted by molar-refractivity contribution is -0.137. The van der Waals surface area contributed by atoms with Crippen molar-refractivity contribution >= 4 is 12.0 Å². The van der Waals surface area contributed by atoms with Gasteiger partial charge in [0.2, 0.25) is 5.91 Å². The number of piperazine rings is 1. The van der Waals surface area contributed by atoms with Crippen molar-refractivity contribution in [2.45, 2.75) is 26.7 Å². The first kappa shape index (κ1) is 13.8. The summed E-state index contributed by atoms with van der Waals surface area (Å²) in [6, 6.07) is 0. The number of nitrogens with zero attached hydrogens (tertiary/aromatic N) is 2. The first-order valence-electron chi connectivity index (χ1n) is 6.25. The van der Waals surface area contributed by atoms with Crippen molar-refractivity contribution in [3.05, 3.63) is 0 Å². The average molecular weight is 242 g/mol. The molecule has 0 spiro atoms. The van der Waals surface area contributed by atoms with Crippen LogP contribution >= 0.6 is 0 Å². The van der Waals surface area contributed by atoms with E-state index in [0.29, 0.717) is 26.2 Å². The predicted molar refractivity (Wildman–Crippen MR) is 64.6 cm³/mol. The number of amides is 2. The van der Waals surface area contributed by atoms with Crippen LogP contribution in [0.1, 0.15) is 26.7 Å². The number of hydrogen-bond donors (Lipinski definition) is 0. The molecule has 0 atom stereocenters. The zero-order valence-corrected chi connectivity index (χ0v) is 10.9. The van der Waals surface area contributed by atoms with E-state index in [9.17, 15) is 9.59 Å². The Morgan fingerprint density at radius 3 is 1.94 bits per heavy atom. The molecule has 0 aromatic carbocycles. The SMILES string of the molecule is CCC(CC)C(=O)N1CCN(C(=O)OC)CC1. The molecule has 17 heavy (non-hydrogen) atoms. The Hall–Kier alpha value is -1.26. The zero-order chi connectivity index (χ0) is 12.8. The quantitative estimate of drug-likeness (QED) is 0.750. The number of rotatable bonds is 3. The molecular weight excluding hydrogens is 220 g/mol. The van der Waals surface area contributed by atoms with E-state index in [4.69, 9.17) is 0 Å². The van der Waals surface area contributed by atoms with Crippen LogP contribution in [-0.2, 0) is 9.53 Å². The molecule has 0 aromatic heterocycles. The second-order valence-corrected chi connectivity index (χ2v) is 4.30. The van der Waals surface area contributed by atoms with Crippen molar-refractivity contribution in [2.75, 3.05) is 33.3 Å². The summed E-state index contributed by atoms with van der Waals surface area (Å²) >= 11 is 0. The molecule has 1 aliphatic heterocycles. The van der Waals surface area contributed by atoms with E-state index in [0.717, 1.165) is 12.8 Å². The van der Waals surface area contributed by atoms with Crippen molar-refractivity contribution in [3.8, 4) is 0 Å². The van der Waals surface area contributed by atoms with Crippen LogP contribution in [0.25, 0.3) is 0 Å². The van der Waals surface area contributed by atoms with Gasteiger partial charge in [-0.2, -0.15) is 0 Å². The summed E-state index contributed by atoms with van der Waals surface area (Å²) in [5.41, 5.74) is 0. The molecule has 0 unspecified atom stereocenters. The highest BCUT2D eigenvalue weighted by atomic mass is 16.5. The van der Waals surface area contributed by atoms with Gasteiger partial charge in [-0.15, -0.1) is 0 Å². The molecule has 0 aliphatic carbocycles. The zero-order valence-electron chi connectivity index (χ0n) is 10.9. The molecule has 0 bridgehead atoms. The van der Waals surface area contributed by atoms with Crippen molar-refractivity contribution < 1.29 is 14.3 Å². The molecule has 0 saturated carbocycles.